The van der Waals surface area contributed by atoms with E-state index in [4.69, 9.17) is 5.73 Å². The molecule has 0 bridgehead atoms. The van der Waals surface area contributed by atoms with Gasteiger partial charge in [-0.1, -0.05) is 26.3 Å². The molecule has 0 amide bonds. The van der Waals surface area contributed by atoms with Gasteiger partial charge in [0.1, 0.15) is 5.82 Å². The zero-order valence-corrected chi connectivity index (χ0v) is 12.7. The van der Waals surface area contributed by atoms with E-state index in [2.05, 4.69) is 29.8 Å². The summed E-state index contributed by atoms with van der Waals surface area (Å²) in [7, 11) is 0. The molecule has 2 N–H and O–H groups in total. The Morgan fingerprint density at radius 3 is 2.67 bits per heavy atom. The summed E-state index contributed by atoms with van der Waals surface area (Å²) in [6.07, 6.45) is 5.36. The SMILES string of the molecule is CC1(C)CCCC(N)(Cc2ccc(F)c(Br)c2)C1. The smallest absolute Gasteiger partial charge is 0.137 e. The van der Waals surface area contributed by atoms with E-state index in [0.29, 0.717) is 9.89 Å². The summed E-state index contributed by atoms with van der Waals surface area (Å²) in [5.41, 5.74) is 7.84. The summed E-state index contributed by atoms with van der Waals surface area (Å²) in [6, 6.07) is 5.21. The molecule has 18 heavy (non-hydrogen) atoms. The normalized spacial score (nSPS) is 27.2. The lowest BCUT2D eigenvalue weighted by Crippen LogP contribution is -2.48. The highest BCUT2D eigenvalue weighted by Crippen LogP contribution is 2.41. The van der Waals surface area contributed by atoms with Crippen LogP contribution in [-0.2, 0) is 6.42 Å². The Labute approximate surface area is 117 Å². The summed E-state index contributed by atoms with van der Waals surface area (Å²) in [4.78, 5) is 0. The van der Waals surface area contributed by atoms with Gasteiger partial charge in [-0.3, -0.25) is 0 Å². The fraction of sp³-hybridized carbons (Fsp3) is 0.600. The van der Waals surface area contributed by atoms with Gasteiger partial charge in [-0.2, -0.15) is 0 Å². The van der Waals surface area contributed by atoms with Crippen molar-refractivity contribution in [3.8, 4) is 0 Å². The molecule has 2 rings (SSSR count). The second kappa shape index (κ2) is 4.93. The predicted octanol–water partition coefficient (Wildman–Crippen LogP) is 4.43. The molecule has 0 spiro atoms. The Hall–Kier alpha value is -0.410. The lowest BCUT2D eigenvalue weighted by molar-refractivity contribution is 0.151. The standard InChI is InChI=1S/C15H21BrFN/c1-14(2)6-3-7-15(18,10-14)9-11-4-5-13(17)12(16)8-11/h4-5,8H,3,6-7,9-10,18H2,1-2H3. The molecule has 0 radical (unpaired) electrons. The number of benzene rings is 1. The molecule has 0 saturated heterocycles. The highest BCUT2D eigenvalue weighted by atomic mass is 79.9. The Morgan fingerprint density at radius 2 is 2.06 bits per heavy atom. The van der Waals surface area contributed by atoms with Gasteiger partial charge in [-0.05, 0) is 64.7 Å². The van der Waals surface area contributed by atoms with Crippen LogP contribution in [0.2, 0.25) is 0 Å². The molecule has 1 aromatic rings. The van der Waals surface area contributed by atoms with Crippen LogP contribution in [0.25, 0.3) is 0 Å². The second-order valence-corrected chi connectivity index (χ2v) is 7.34. The number of hydrogen-bond acceptors (Lipinski definition) is 1. The van der Waals surface area contributed by atoms with E-state index in [1.54, 1.807) is 0 Å². The number of halogens is 2. The first-order valence-electron chi connectivity index (χ1n) is 6.53. The van der Waals surface area contributed by atoms with Crippen molar-refractivity contribution in [2.45, 2.75) is 51.5 Å². The summed E-state index contributed by atoms with van der Waals surface area (Å²) < 4.78 is 13.7. The van der Waals surface area contributed by atoms with Crippen LogP contribution in [0.1, 0.15) is 45.1 Å². The van der Waals surface area contributed by atoms with E-state index in [1.165, 1.54) is 18.9 Å². The molecular formula is C15H21BrFN. The largest absolute Gasteiger partial charge is 0.325 e. The topological polar surface area (TPSA) is 26.0 Å². The van der Waals surface area contributed by atoms with Crippen LogP contribution >= 0.6 is 15.9 Å². The summed E-state index contributed by atoms with van der Waals surface area (Å²) >= 11 is 3.24. The van der Waals surface area contributed by atoms with Gasteiger partial charge in [-0.15, -0.1) is 0 Å². The van der Waals surface area contributed by atoms with Gasteiger partial charge in [0.05, 0.1) is 4.47 Å². The Kier molecular flexibility index (Phi) is 3.84. The molecule has 1 unspecified atom stereocenters. The average Bonchev–Trinajstić information content (AvgIpc) is 2.21. The molecule has 1 atom stereocenters. The van der Waals surface area contributed by atoms with Crippen molar-refractivity contribution < 1.29 is 4.39 Å². The van der Waals surface area contributed by atoms with Crippen molar-refractivity contribution in [2.75, 3.05) is 0 Å². The van der Waals surface area contributed by atoms with Crippen molar-refractivity contribution in [1.82, 2.24) is 0 Å². The van der Waals surface area contributed by atoms with Crippen molar-refractivity contribution in [1.29, 1.82) is 0 Å². The van der Waals surface area contributed by atoms with Gasteiger partial charge in [0.15, 0.2) is 0 Å². The van der Waals surface area contributed by atoms with Crippen molar-refractivity contribution in [3.63, 3.8) is 0 Å². The van der Waals surface area contributed by atoms with E-state index in [9.17, 15) is 4.39 Å². The van der Waals surface area contributed by atoms with Gasteiger partial charge >= 0.3 is 0 Å². The van der Waals surface area contributed by atoms with Crippen LogP contribution in [0.4, 0.5) is 4.39 Å². The maximum Gasteiger partial charge on any atom is 0.137 e. The first kappa shape index (κ1) is 14.0. The molecule has 0 aliphatic heterocycles. The quantitative estimate of drug-likeness (QED) is 0.859. The third-order valence-electron chi connectivity index (χ3n) is 3.90. The first-order valence-corrected chi connectivity index (χ1v) is 7.32. The average molecular weight is 314 g/mol. The molecule has 1 nitrogen and oxygen atoms in total. The summed E-state index contributed by atoms with van der Waals surface area (Å²) in [6.45, 7) is 4.57. The molecule has 1 fully saturated rings. The molecule has 100 valence electrons. The summed E-state index contributed by atoms with van der Waals surface area (Å²) in [5, 5.41) is 0. The minimum absolute atomic E-state index is 0.140. The Bertz CT molecular complexity index is 444. The van der Waals surface area contributed by atoms with Gasteiger partial charge in [-0.25, -0.2) is 4.39 Å². The zero-order chi connectivity index (χ0) is 13.4. The Morgan fingerprint density at radius 1 is 1.33 bits per heavy atom. The minimum atomic E-state index is -0.214. The number of rotatable bonds is 2. The number of hydrogen-bond donors (Lipinski definition) is 1. The minimum Gasteiger partial charge on any atom is -0.325 e. The molecule has 1 aliphatic rings. The highest BCUT2D eigenvalue weighted by molar-refractivity contribution is 9.10. The van der Waals surface area contributed by atoms with Gasteiger partial charge in [0.2, 0.25) is 0 Å². The van der Waals surface area contributed by atoms with Crippen LogP contribution in [0.15, 0.2) is 22.7 Å². The zero-order valence-electron chi connectivity index (χ0n) is 11.1. The lowest BCUT2D eigenvalue weighted by Gasteiger charge is -2.42. The van der Waals surface area contributed by atoms with Gasteiger partial charge in [0.25, 0.3) is 0 Å². The highest BCUT2D eigenvalue weighted by Gasteiger charge is 2.36. The van der Waals surface area contributed by atoms with E-state index in [0.717, 1.165) is 24.8 Å². The van der Waals surface area contributed by atoms with E-state index >= 15 is 0 Å². The third-order valence-corrected chi connectivity index (χ3v) is 4.51. The second-order valence-electron chi connectivity index (χ2n) is 6.48. The van der Waals surface area contributed by atoms with Gasteiger partial charge in [0, 0.05) is 5.54 Å². The summed E-state index contributed by atoms with van der Waals surface area (Å²) in [5.74, 6) is -0.214. The lowest BCUT2D eigenvalue weighted by atomic mass is 9.66. The van der Waals surface area contributed by atoms with Crippen LogP contribution < -0.4 is 5.73 Å². The molecule has 0 heterocycles. The van der Waals surface area contributed by atoms with Crippen LogP contribution in [0.3, 0.4) is 0 Å². The molecule has 3 heteroatoms. The maximum atomic E-state index is 13.2. The molecule has 1 aliphatic carbocycles. The first-order chi connectivity index (χ1) is 8.30. The van der Waals surface area contributed by atoms with E-state index < -0.39 is 0 Å². The van der Waals surface area contributed by atoms with Crippen molar-refractivity contribution >= 4 is 15.9 Å². The van der Waals surface area contributed by atoms with Crippen LogP contribution in [0, 0.1) is 11.2 Å². The Balaban J connectivity index is 2.14. The van der Waals surface area contributed by atoms with E-state index in [-0.39, 0.29) is 11.4 Å². The van der Waals surface area contributed by atoms with E-state index in [1.807, 2.05) is 12.1 Å². The van der Waals surface area contributed by atoms with Crippen LogP contribution in [-0.4, -0.2) is 5.54 Å². The van der Waals surface area contributed by atoms with Crippen LogP contribution in [0.5, 0.6) is 0 Å². The maximum absolute atomic E-state index is 13.2. The third kappa shape index (κ3) is 3.33. The molecule has 1 aromatic carbocycles. The monoisotopic (exact) mass is 313 g/mol. The molecule has 1 saturated carbocycles. The molecule has 0 aromatic heterocycles. The fourth-order valence-electron chi connectivity index (χ4n) is 3.26. The fourth-order valence-corrected chi connectivity index (χ4v) is 3.68. The predicted molar refractivity (Wildman–Crippen MR) is 77.0 cm³/mol. The molecular weight excluding hydrogens is 293 g/mol. The number of nitrogens with two attached hydrogens (primary N) is 1. The van der Waals surface area contributed by atoms with Gasteiger partial charge < -0.3 is 5.73 Å². The van der Waals surface area contributed by atoms with Crippen molar-refractivity contribution in [2.24, 2.45) is 11.1 Å². The van der Waals surface area contributed by atoms with Crippen molar-refractivity contribution in [3.05, 3.63) is 34.1 Å².